The van der Waals surface area contributed by atoms with Crippen LogP contribution in [-0.4, -0.2) is 34.7 Å². The number of benzene rings is 3. The Morgan fingerprint density at radius 1 is 0.970 bits per heavy atom. The monoisotopic (exact) mass is 442 g/mol. The number of esters is 1. The van der Waals surface area contributed by atoms with Crippen LogP contribution < -0.4 is 10.6 Å². The Labute approximate surface area is 192 Å². The fourth-order valence-corrected chi connectivity index (χ4v) is 3.59. The van der Waals surface area contributed by atoms with Gasteiger partial charge in [0.15, 0.2) is 0 Å². The standard InChI is InChI=1S/C26H26N4O3/c1-3-33-25(31)20-12-14-21(15-13-20)28-26(32)27-16-17-30-23-7-5-4-6-22(23)29-24(30)19-10-8-18(2)9-11-19/h4-15H,3,16-17H2,1-2H3,(H2,27,28,32). The number of para-hydroxylation sites is 2. The van der Waals surface area contributed by atoms with Crippen LogP contribution in [0.5, 0.6) is 0 Å². The summed E-state index contributed by atoms with van der Waals surface area (Å²) in [6, 6.07) is 22.5. The molecular formula is C26H26N4O3. The van der Waals surface area contributed by atoms with Crippen LogP contribution in [-0.2, 0) is 11.3 Å². The maximum atomic E-state index is 12.4. The van der Waals surface area contributed by atoms with Gasteiger partial charge in [0.2, 0.25) is 0 Å². The van der Waals surface area contributed by atoms with Gasteiger partial charge in [0, 0.05) is 24.3 Å². The predicted octanol–water partition coefficient (Wildman–Crippen LogP) is 5.01. The summed E-state index contributed by atoms with van der Waals surface area (Å²) in [7, 11) is 0. The molecule has 0 aliphatic carbocycles. The summed E-state index contributed by atoms with van der Waals surface area (Å²) in [4.78, 5) is 28.9. The fourth-order valence-electron chi connectivity index (χ4n) is 3.59. The quantitative estimate of drug-likeness (QED) is 0.394. The average Bonchev–Trinajstić information content (AvgIpc) is 3.19. The van der Waals surface area contributed by atoms with Crippen molar-refractivity contribution in [1.82, 2.24) is 14.9 Å². The molecule has 2 amide bonds. The minimum Gasteiger partial charge on any atom is -0.462 e. The maximum Gasteiger partial charge on any atom is 0.338 e. The van der Waals surface area contributed by atoms with Crippen molar-refractivity contribution in [3.63, 3.8) is 0 Å². The zero-order valence-electron chi connectivity index (χ0n) is 18.7. The lowest BCUT2D eigenvalue weighted by Gasteiger charge is -2.12. The van der Waals surface area contributed by atoms with Crippen LogP contribution in [0.15, 0.2) is 72.8 Å². The number of aromatic nitrogens is 2. The smallest absolute Gasteiger partial charge is 0.338 e. The van der Waals surface area contributed by atoms with E-state index in [4.69, 9.17) is 9.72 Å². The van der Waals surface area contributed by atoms with Crippen molar-refractivity contribution in [3.8, 4) is 11.4 Å². The minimum absolute atomic E-state index is 0.319. The third-order valence-electron chi connectivity index (χ3n) is 5.24. The highest BCUT2D eigenvalue weighted by Gasteiger charge is 2.13. The third-order valence-corrected chi connectivity index (χ3v) is 5.24. The summed E-state index contributed by atoms with van der Waals surface area (Å²) in [5.41, 5.74) is 5.19. The Bertz CT molecular complexity index is 1260. The number of imidazole rings is 1. The van der Waals surface area contributed by atoms with E-state index in [1.54, 1.807) is 31.2 Å². The molecule has 168 valence electrons. The Morgan fingerprint density at radius 2 is 1.70 bits per heavy atom. The molecule has 4 rings (SSSR count). The number of nitrogens with zero attached hydrogens (tertiary/aromatic N) is 2. The summed E-state index contributed by atoms with van der Waals surface area (Å²) in [6.07, 6.45) is 0. The van der Waals surface area contributed by atoms with Crippen LogP contribution in [0.2, 0.25) is 0 Å². The van der Waals surface area contributed by atoms with E-state index in [0.29, 0.717) is 30.9 Å². The van der Waals surface area contributed by atoms with Gasteiger partial charge in [-0.15, -0.1) is 0 Å². The fraction of sp³-hybridized carbons (Fsp3) is 0.192. The highest BCUT2D eigenvalue weighted by Crippen LogP contribution is 2.25. The molecule has 0 bridgehead atoms. The molecule has 0 aliphatic heterocycles. The lowest BCUT2D eigenvalue weighted by Crippen LogP contribution is -2.31. The number of carbonyl (C=O) groups excluding carboxylic acids is 2. The number of aryl methyl sites for hydroxylation is 1. The first kappa shape index (κ1) is 22.1. The van der Waals surface area contributed by atoms with Gasteiger partial charge in [-0.3, -0.25) is 0 Å². The molecule has 0 saturated carbocycles. The minimum atomic E-state index is -0.384. The first-order valence-electron chi connectivity index (χ1n) is 10.9. The Hall–Kier alpha value is -4.13. The molecule has 1 aromatic heterocycles. The van der Waals surface area contributed by atoms with Crippen LogP contribution in [0.3, 0.4) is 0 Å². The SMILES string of the molecule is CCOC(=O)c1ccc(NC(=O)NCCn2c(-c3ccc(C)cc3)nc3ccccc32)cc1. The molecule has 4 aromatic rings. The zero-order chi connectivity index (χ0) is 23.2. The topological polar surface area (TPSA) is 85.2 Å². The van der Waals surface area contributed by atoms with E-state index in [1.165, 1.54) is 5.56 Å². The van der Waals surface area contributed by atoms with E-state index < -0.39 is 0 Å². The summed E-state index contributed by atoms with van der Waals surface area (Å²) in [5, 5.41) is 5.67. The third kappa shape index (κ3) is 5.20. The number of ether oxygens (including phenoxy) is 1. The van der Waals surface area contributed by atoms with Crippen molar-refractivity contribution in [2.24, 2.45) is 0 Å². The van der Waals surface area contributed by atoms with Gasteiger partial charge in [-0.2, -0.15) is 0 Å². The van der Waals surface area contributed by atoms with E-state index in [2.05, 4.69) is 46.4 Å². The largest absolute Gasteiger partial charge is 0.462 e. The molecule has 7 heteroatoms. The number of hydrogen-bond acceptors (Lipinski definition) is 4. The molecule has 0 spiro atoms. The van der Waals surface area contributed by atoms with Gasteiger partial charge >= 0.3 is 12.0 Å². The summed E-state index contributed by atoms with van der Waals surface area (Å²) < 4.78 is 7.09. The molecule has 0 atom stereocenters. The maximum absolute atomic E-state index is 12.4. The normalized spacial score (nSPS) is 10.7. The lowest BCUT2D eigenvalue weighted by molar-refractivity contribution is 0.0526. The number of rotatable bonds is 7. The molecular weight excluding hydrogens is 416 g/mol. The van der Waals surface area contributed by atoms with Crippen molar-refractivity contribution in [1.29, 1.82) is 0 Å². The number of nitrogens with one attached hydrogen (secondary N) is 2. The van der Waals surface area contributed by atoms with Gasteiger partial charge in [0.1, 0.15) is 5.82 Å². The van der Waals surface area contributed by atoms with Crippen LogP contribution in [0.1, 0.15) is 22.8 Å². The van der Waals surface area contributed by atoms with E-state index in [1.807, 2.05) is 24.3 Å². The second-order valence-corrected chi connectivity index (χ2v) is 7.62. The molecule has 3 aromatic carbocycles. The van der Waals surface area contributed by atoms with Crippen molar-refractivity contribution in [2.75, 3.05) is 18.5 Å². The first-order chi connectivity index (χ1) is 16.0. The van der Waals surface area contributed by atoms with Crippen molar-refractivity contribution >= 4 is 28.7 Å². The predicted molar refractivity (Wildman–Crippen MR) is 129 cm³/mol. The van der Waals surface area contributed by atoms with Crippen molar-refractivity contribution in [3.05, 3.63) is 83.9 Å². The molecule has 33 heavy (non-hydrogen) atoms. The molecule has 2 N–H and O–H groups in total. The van der Waals surface area contributed by atoms with Gasteiger partial charge in [0.25, 0.3) is 0 Å². The number of carbonyl (C=O) groups is 2. The van der Waals surface area contributed by atoms with E-state index in [-0.39, 0.29) is 12.0 Å². The molecule has 0 radical (unpaired) electrons. The first-order valence-corrected chi connectivity index (χ1v) is 10.9. The number of hydrogen-bond donors (Lipinski definition) is 2. The Kier molecular flexibility index (Phi) is 6.69. The zero-order valence-corrected chi connectivity index (χ0v) is 18.7. The molecule has 0 saturated heterocycles. The van der Waals surface area contributed by atoms with Gasteiger partial charge in [-0.05, 0) is 50.2 Å². The number of amides is 2. The molecule has 1 heterocycles. The van der Waals surface area contributed by atoms with Gasteiger partial charge in [-0.1, -0.05) is 42.0 Å². The van der Waals surface area contributed by atoms with E-state index >= 15 is 0 Å². The highest BCUT2D eigenvalue weighted by molar-refractivity contribution is 5.92. The summed E-state index contributed by atoms with van der Waals surface area (Å²) in [5.74, 6) is 0.485. The molecule has 7 nitrogen and oxygen atoms in total. The van der Waals surface area contributed by atoms with Crippen LogP contribution in [0.25, 0.3) is 22.4 Å². The number of anilines is 1. The highest BCUT2D eigenvalue weighted by atomic mass is 16.5. The second-order valence-electron chi connectivity index (χ2n) is 7.62. The van der Waals surface area contributed by atoms with Gasteiger partial charge in [0.05, 0.1) is 23.2 Å². The van der Waals surface area contributed by atoms with Gasteiger partial charge in [-0.25, -0.2) is 14.6 Å². The number of fused-ring (bicyclic) bond motifs is 1. The van der Waals surface area contributed by atoms with E-state index in [9.17, 15) is 9.59 Å². The Morgan fingerprint density at radius 3 is 2.42 bits per heavy atom. The molecule has 0 aliphatic rings. The van der Waals surface area contributed by atoms with Crippen molar-refractivity contribution < 1.29 is 14.3 Å². The number of urea groups is 1. The van der Waals surface area contributed by atoms with Crippen LogP contribution >= 0.6 is 0 Å². The van der Waals surface area contributed by atoms with Crippen molar-refractivity contribution in [2.45, 2.75) is 20.4 Å². The summed E-state index contributed by atoms with van der Waals surface area (Å²) >= 11 is 0. The van der Waals surface area contributed by atoms with E-state index in [0.717, 1.165) is 22.4 Å². The van der Waals surface area contributed by atoms with Gasteiger partial charge < -0.3 is 19.9 Å². The molecule has 0 fully saturated rings. The molecule has 0 unspecified atom stereocenters. The average molecular weight is 443 g/mol. The summed E-state index contributed by atoms with van der Waals surface area (Å²) in [6.45, 7) is 5.12. The second kappa shape index (κ2) is 9.99. The lowest BCUT2D eigenvalue weighted by atomic mass is 10.1. The Balaban J connectivity index is 1.41. The van der Waals surface area contributed by atoms with Crippen LogP contribution in [0.4, 0.5) is 10.5 Å². The van der Waals surface area contributed by atoms with Crippen LogP contribution in [0, 0.1) is 6.92 Å².